The van der Waals surface area contributed by atoms with Crippen LogP contribution in [0.3, 0.4) is 0 Å². The van der Waals surface area contributed by atoms with E-state index in [9.17, 15) is 4.79 Å². The van der Waals surface area contributed by atoms with Crippen molar-refractivity contribution in [2.45, 2.75) is 6.92 Å². The summed E-state index contributed by atoms with van der Waals surface area (Å²) in [6.45, 7) is 1.22. The SMILES string of the molecule is CC(=O)NO.c1ccc2ccccc2c1. The Hall–Kier alpha value is -1.87. The van der Waals surface area contributed by atoms with Gasteiger partial charge < -0.3 is 0 Å². The van der Waals surface area contributed by atoms with Gasteiger partial charge in [0.15, 0.2) is 0 Å². The molecule has 0 saturated carbocycles. The standard InChI is InChI=1S/C10H8.C2H5NO2/c1-2-6-10-8-4-3-7-9(10)5-1;1-2(4)3-5/h1-8H;5H,1H3,(H,3,4). The van der Waals surface area contributed by atoms with Crippen LogP contribution in [-0.4, -0.2) is 11.1 Å². The Balaban J connectivity index is 0.000000195. The second kappa shape index (κ2) is 5.78. The lowest BCUT2D eigenvalue weighted by Gasteiger charge is -1.92. The van der Waals surface area contributed by atoms with Crippen molar-refractivity contribution in [1.29, 1.82) is 0 Å². The van der Waals surface area contributed by atoms with Gasteiger partial charge in [0, 0.05) is 6.92 Å². The largest absolute Gasteiger partial charge is 0.289 e. The zero-order chi connectivity index (χ0) is 11.1. The predicted octanol–water partition coefficient (Wildman–Crippen LogP) is 2.35. The van der Waals surface area contributed by atoms with E-state index in [0.29, 0.717) is 0 Å². The van der Waals surface area contributed by atoms with Crippen LogP contribution in [0.2, 0.25) is 0 Å². The van der Waals surface area contributed by atoms with Gasteiger partial charge in [0.1, 0.15) is 0 Å². The van der Waals surface area contributed by atoms with Crippen LogP contribution in [-0.2, 0) is 4.79 Å². The number of hydrogen-bond donors (Lipinski definition) is 2. The maximum absolute atomic E-state index is 9.45. The van der Waals surface area contributed by atoms with Gasteiger partial charge in [0.2, 0.25) is 5.91 Å². The zero-order valence-electron chi connectivity index (χ0n) is 8.47. The highest BCUT2D eigenvalue weighted by Crippen LogP contribution is 2.11. The third kappa shape index (κ3) is 3.79. The summed E-state index contributed by atoms with van der Waals surface area (Å²) in [7, 11) is 0. The summed E-state index contributed by atoms with van der Waals surface area (Å²) in [6, 6.07) is 16.7. The van der Waals surface area contributed by atoms with Crippen molar-refractivity contribution in [3.63, 3.8) is 0 Å². The molecule has 0 aliphatic heterocycles. The van der Waals surface area contributed by atoms with E-state index in [1.807, 2.05) is 0 Å². The van der Waals surface area contributed by atoms with Crippen LogP contribution in [0.25, 0.3) is 10.8 Å². The molecule has 2 aromatic rings. The van der Waals surface area contributed by atoms with Crippen LogP contribution in [0.5, 0.6) is 0 Å². The summed E-state index contributed by atoms with van der Waals surface area (Å²) in [5.74, 6) is -0.440. The Kier molecular flexibility index (Phi) is 4.31. The molecule has 1 amide bonds. The first-order valence-electron chi connectivity index (χ1n) is 4.58. The normalized spacial score (nSPS) is 8.93. The highest BCUT2D eigenvalue weighted by molar-refractivity contribution is 5.82. The van der Waals surface area contributed by atoms with Gasteiger partial charge in [-0.25, -0.2) is 5.48 Å². The lowest BCUT2D eigenvalue weighted by molar-refractivity contribution is -0.126. The molecule has 0 saturated heterocycles. The monoisotopic (exact) mass is 203 g/mol. The molecule has 3 nitrogen and oxygen atoms in total. The lowest BCUT2D eigenvalue weighted by atomic mass is 10.1. The molecule has 0 aliphatic rings. The van der Waals surface area contributed by atoms with Gasteiger partial charge in [-0.3, -0.25) is 10.0 Å². The van der Waals surface area contributed by atoms with Crippen molar-refractivity contribution in [1.82, 2.24) is 5.48 Å². The molecule has 0 radical (unpaired) electrons. The van der Waals surface area contributed by atoms with Crippen LogP contribution in [0.4, 0.5) is 0 Å². The van der Waals surface area contributed by atoms with Gasteiger partial charge in [0.05, 0.1) is 0 Å². The fourth-order valence-corrected chi connectivity index (χ4v) is 1.13. The van der Waals surface area contributed by atoms with Crippen LogP contribution in [0, 0.1) is 0 Å². The first-order valence-corrected chi connectivity index (χ1v) is 4.58. The van der Waals surface area contributed by atoms with E-state index in [0.717, 1.165) is 0 Å². The fourth-order valence-electron chi connectivity index (χ4n) is 1.13. The molecule has 3 heteroatoms. The highest BCUT2D eigenvalue weighted by Gasteiger charge is 1.85. The van der Waals surface area contributed by atoms with Crippen molar-refractivity contribution in [3.8, 4) is 0 Å². The zero-order valence-corrected chi connectivity index (χ0v) is 8.47. The average Bonchev–Trinajstić information content (AvgIpc) is 2.30. The van der Waals surface area contributed by atoms with Crippen molar-refractivity contribution < 1.29 is 10.0 Å². The predicted molar refractivity (Wildman–Crippen MR) is 59.6 cm³/mol. The number of amides is 1. The molecule has 2 N–H and O–H groups in total. The second-order valence-electron chi connectivity index (χ2n) is 3.02. The van der Waals surface area contributed by atoms with Crippen LogP contribution < -0.4 is 5.48 Å². The quantitative estimate of drug-likeness (QED) is 0.510. The molecule has 0 aliphatic carbocycles. The maximum Gasteiger partial charge on any atom is 0.240 e. The number of carbonyl (C=O) groups is 1. The molecule has 0 heterocycles. The van der Waals surface area contributed by atoms with E-state index in [2.05, 4.69) is 48.5 Å². The minimum Gasteiger partial charge on any atom is -0.289 e. The number of rotatable bonds is 0. The summed E-state index contributed by atoms with van der Waals surface area (Å²) >= 11 is 0. The van der Waals surface area contributed by atoms with Gasteiger partial charge in [0.25, 0.3) is 0 Å². The summed E-state index contributed by atoms with van der Waals surface area (Å²) in [4.78, 5) is 9.45. The van der Waals surface area contributed by atoms with E-state index in [1.165, 1.54) is 23.2 Å². The molecule has 78 valence electrons. The van der Waals surface area contributed by atoms with Gasteiger partial charge in [-0.05, 0) is 10.8 Å². The summed E-state index contributed by atoms with van der Waals surface area (Å²) in [6.07, 6.45) is 0. The molecule has 0 spiro atoms. The molecule has 2 aromatic carbocycles. The van der Waals surface area contributed by atoms with Crippen molar-refractivity contribution in [2.75, 3.05) is 0 Å². The van der Waals surface area contributed by atoms with Gasteiger partial charge in [-0.15, -0.1) is 0 Å². The van der Waals surface area contributed by atoms with Gasteiger partial charge in [-0.2, -0.15) is 0 Å². The number of hydroxylamine groups is 1. The van der Waals surface area contributed by atoms with Gasteiger partial charge >= 0.3 is 0 Å². The van der Waals surface area contributed by atoms with Crippen LogP contribution >= 0.6 is 0 Å². The third-order valence-electron chi connectivity index (χ3n) is 1.82. The molecular formula is C12H13NO2. The van der Waals surface area contributed by atoms with E-state index in [1.54, 1.807) is 0 Å². The first-order chi connectivity index (χ1) is 7.24. The molecule has 15 heavy (non-hydrogen) atoms. The van der Waals surface area contributed by atoms with Crippen molar-refractivity contribution >= 4 is 16.7 Å². The molecule has 2 rings (SSSR count). The number of nitrogens with one attached hydrogen (secondary N) is 1. The van der Waals surface area contributed by atoms with Crippen molar-refractivity contribution in [2.24, 2.45) is 0 Å². The highest BCUT2D eigenvalue weighted by atomic mass is 16.5. The van der Waals surface area contributed by atoms with Gasteiger partial charge in [-0.1, -0.05) is 48.5 Å². The minimum atomic E-state index is -0.440. The smallest absolute Gasteiger partial charge is 0.240 e. The van der Waals surface area contributed by atoms with E-state index in [-0.39, 0.29) is 0 Å². The Morgan fingerprint density at radius 3 is 1.47 bits per heavy atom. The maximum atomic E-state index is 9.45. The Morgan fingerprint density at radius 1 is 1.00 bits per heavy atom. The summed E-state index contributed by atoms with van der Waals surface area (Å²) in [5.41, 5.74) is 1.39. The second-order valence-corrected chi connectivity index (χ2v) is 3.02. The summed E-state index contributed by atoms with van der Waals surface area (Å²) in [5, 5.41) is 10.2. The molecule has 0 aromatic heterocycles. The van der Waals surface area contributed by atoms with Crippen molar-refractivity contribution in [3.05, 3.63) is 48.5 Å². The molecule has 0 fully saturated rings. The Bertz CT molecular complexity index is 375. The minimum absolute atomic E-state index is 0.440. The Labute approximate surface area is 88.3 Å². The number of hydrogen-bond acceptors (Lipinski definition) is 2. The van der Waals surface area contributed by atoms with Crippen LogP contribution in [0.15, 0.2) is 48.5 Å². The average molecular weight is 203 g/mol. The third-order valence-corrected chi connectivity index (χ3v) is 1.82. The summed E-state index contributed by atoms with van der Waals surface area (Å²) < 4.78 is 0. The van der Waals surface area contributed by atoms with E-state index >= 15 is 0 Å². The molecule has 0 atom stereocenters. The number of carbonyl (C=O) groups excluding carboxylic acids is 1. The van der Waals surface area contributed by atoms with Crippen LogP contribution in [0.1, 0.15) is 6.92 Å². The number of benzene rings is 2. The first kappa shape index (κ1) is 11.2. The lowest BCUT2D eigenvalue weighted by Crippen LogP contribution is -2.12. The Morgan fingerprint density at radius 2 is 1.27 bits per heavy atom. The topological polar surface area (TPSA) is 49.3 Å². The van der Waals surface area contributed by atoms with E-state index < -0.39 is 5.91 Å². The fraction of sp³-hybridized carbons (Fsp3) is 0.0833. The number of fused-ring (bicyclic) bond motifs is 1. The molecular weight excluding hydrogens is 190 g/mol. The van der Waals surface area contributed by atoms with E-state index in [4.69, 9.17) is 5.21 Å². The molecule has 0 unspecified atom stereocenters. The molecule has 0 bridgehead atoms.